The van der Waals surface area contributed by atoms with Gasteiger partial charge in [-0.1, -0.05) is 29.3 Å². The number of rotatable bonds is 3. The van der Waals surface area contributed by atoms with Crippen molar-refractivity contribution in [3.63, 3.8) is 0 Å². The second-order valence-corrected chi connectivity index (χ2v) is 6.28. The Labute approximate surface area is 126 Å². The summed E-state index contributed by atoms with van der Waals surface area (Å²) in [5, 5.41) is 4.85. The standard InChI is InChI=1S/C15H22Cl2N2/c1-10-8-13(18-3)6-7-19(10)11(2)14-5-4-12(16)9-15(14)17/h4-5,9-11,13,18H,6-8H2,1-3H3. The summed E-state index contributed by atoms with van der Waals surface area (Å²) in [6, 6.07) is 7.33. The molecule has 0 saturated carbocycles. The van der Waals surface area contributed by atoms with Crippen molar-refractivity contribution in [1.29, 1.82) is 0 Å². The summed E-state index contributed by atoms with van der Waals surface area (Å²) in [6.07, 6.45) is 2.38. The highest BCUT2D eigenvalue weighted by molar-refractivity contribution is 6.35. The average molecular weight is 301 g/mol. The normalized spacial score (nSPS) is 26.4. The Morgan fingerprint density at radius 1 is 1.37 bits per heavy atom. The average Bonchev–Trinajstić information content (AvgIpc) is 2.37. The van der Waals surface area contributed by atoms with Crippen LogP contribution in [0.1, 0.15) is 38.3 Å². The lowest BCUT2D eigenvalue weighted by molar-refractivity contribution is 0.0975. The van der Waals surface area contributed by atoms with Crippen molar-refractivity contribution in [2.75, 3.05) is 13.6 Å². The molecule has 0 aliphatic carbocycles. The lowest BCUT2D eigenvalue weighted by Gasteiger charge is -2.41. The molecule has 1 fully saturated rings. The van der Waals surface area contributed by atoms with Crippen LogP contribution in [0.4, 0.5) is 0 Å². The minimum Gasteiger partial charge on any atom is -0.317 e. The Morgan fingerprint density at radius 3 is 2.68 bits per heavy atom. The summed E-state index contributed by atoms with van der Waals surface area (Å²) in [6.45, 7) is 5.63. The van der Waals surface area contributed by atoms with Crippen molar-refractivity contribution in [1.82, 2.24) is 10.2 Å². The molecule has 1 aromatic carbocycles. The maximum atomic E-state index is 6.32. The Balaban J connectivity index is 2.13. The van der Waals surface area contributed by atoms with Gasteiger partial charge in [0.25, 0.3) is 0 Å². The molecule has 0 radical (unpaired) electrons. The van der Waals surface area contributed by atoms with E-state index in [0.29, 0.717) is 23.1 Å². The molecule has 106 valence electrons. The highest BCUT2D eigenvalue weighted by Crippen LogP contribution is 2.33. The van der Waals surface area contributed by atoms with Crippen molar-refractivity contribution in [2.24, 2.45) is 0 Å². The number of benzene rings is 1. The van der Waals surface area contributed by atoms with Gasteiger partial charge >= 0.3 is 0 Å². The molecular formula is C15H22Cl2N2. The molecular weight excluding hydrogens is 279 g/mol. The van der Waals surface area contributed by atoms with E-state index >= 15 is 0 Å². The minimum atomic E-state index is 0.331. The first-order chi connectivity index (χ1) is 9.02. The molecule has 3 atom stereocenters. The summed E-state index contributed by atoms with van der Waals surface area (Å²) in [4.78, 5) is 2.53. The molecule has 2 rings (SSSR count). The fourth-order valence-corrected chi connectivity index (χ4v) is 3.61. The molecule has 4 heteroatoms. The van der Waals surface area contributed by atoms with Crippen LogP contribution in [0, 0.1) is 0 Å². The summed E-state index contributed by atoms with van der Waals surface area (Å²) in [7, 11) is 2.05. The van der Waals surface area contributed by atoms with Gasteiger partial charge < -0.3 is 5.32 Å². The first-order valence-corrected chi connectivity index (χ1v) is 7.66. The Bertz CT molecular complexity index is 436. The lowest BCUT2D eigenvalue weighted by Crippen LogP contribution is -2.47. The largest absolute Gasteiger partial charge is 0.317 e. The fraction of sp³-hybridized carbons (Fsp3) is 0.600. The van der Waals surface area contributed by atoms with Crippen molar-refractivity contribution >= 4 is 23.2 Å². The first kappa shape index (κ1) is 15.1. The maximum Gasteiger partial charge on any atom is 0.0468 e. The smallest absolute Gasteiger partial charge is 0.0468 e. The molecule has 2 nitrogen and oxygen atoms in total. The third kappa shape index (κ3) is 3.43. The van der Waals surface area contributed by atoms with E-state index < -0.39 is 0 Å². The van der Waals surface area contributed by atoms with Gasteiger partial charge in [0.1, 0.15) is 0 Å². The molecule has 0 amide bonds. The highest BCUT2D eigenvalue weighted by Gasteiger charge is 2.29. The van der Waals surface area contributed by atoms with Crippen molar-refractivity contribution in [3.8, 4) is 0 Å². The number of hydrogen-bond donors (Lipinski definition) is 1. The van der Waals surface area contributed by atoms with E-state index in [1.54, 1.807) is 0 Å². The zero-order valence-corrected chi connectivity index (χ0v) is 13.3. The molecule has 1 aliphatic heterocycles. The first-order valence-electron chi connectivity index (χ1n) is 6.91. The summed E-state index contributed by atoms with van der Waals surface area (Å²) in [5.74, 6) is 0. The predicted octanol–water partition coefficient (Wildman–Crippen LogP) is 4.13. The van der Waals surface area contributed by atoms with Gasteiger partial charge in [0.2, 0.25) is 0 Å². The van der Waals surface area contributed by atoms with Crippen molar-refractivity contribution in [3.05, 3.63) is 33.8 Å². The molecule has 0 aromatic heterocycles. The SMILES string of the molecule is CNC1CCN(C(C)c2ccc(Cl)cc2Cl)C(C)C1. The molecule has 1 saturated heterocycles. The van der Waals surface area contributed by atoms with Crippen LogP contribution in [0.25, 0.3) is 0 Å². The van der Waals surface area contributed by atoms with E-state index in [0.717, 1.165) is 11.6 Å². The fourth-order valence-electron chi connectivity index (χ4n) is 3.05. The van der Waals surface area contributed by atoms with Crippen LogP contribution in [0.3, 0.4) is 0 Å². The van der Waals surface area contributed by atoms with Gasteiger partial charge in [0.15, 0.2) is 0 Å². The summed E-state index contributed by atoms with van der Waals surface area (Å²) in [5.41, 5.74) is 1.17. The Morgan fingerprint density at radius 2 is 2.11 bits per heavy atom. The summed E-state index contributed by atoms with van der Waals surface area (Å²) < 4.78 is 0. The Kier molecular flexibility index (Phi) is 5.13. The van der Waals surface area contributed by atoms with Crippen LogP contribution >= 0.6 is 23.2 Å². The second-order valence-electron chi connectivity index (χ2n) is 5.44. The zero-order valence-electron chi connectivity index (χ0n) is 11.8. The van der Waals surface area contributed by atoms with Crippen LogP contribution in [0.15, 0.2) is 18.2 Å². The van der Waals surface area contributed by atoms with Crippen LogP contribution in [-0.2, 0) is 0 Å². The van der Waals surface area contributed by atoms with Crippen LogP contribution in [0.5, 0.6) is 0 Å². The number of halogens is 2. The number of hydrogen-bond acceptors (Lipinski definition) is 2. The molecule has 1 aromatic rings. The maximum absolute atomic E-state index is 6.32. The van der Waals surface area contributed by atoms with Crippen molar-refractivity contribution < 1.29 is 0 Å². The predicted molar refractivity (Wildman–Crippen MR) is 83.1 cm³/mol. The molecule has 1 heterocycles. The van der Waals surface area contributed by atoms with Gasteiger partial charge in [-0.2, -0.15) is 0 Å². The molecule has 0 bridgehead atoms. The van der Waals surface area contributed by atoms with E-state index in [1.807, 2.05) is 25.2 Å². The molecule has 1 N–H and O–H groups in total. The van der Waals surface area contributed by atoms with Gasteiger partial charge in [-0.15, -0.1) is 0 Å². The number of nitrogens with one attached hydrogen (secondary N) is 1. The zero-order chi connectivity index (χ0) is 14.0. The molecule has 1 aliphatic rings. The van der Waals surface area contributed by atoms with Crippen LogP contribution < -0.4 is 5.32 Å². The van der Waals surface area contributed by atoms with Gasteiger partial charge in [0, 0.05) is 34.7 Å². The molecule has 0 spiro atoms. The summed E-state index contributed by atoms with van der Waals surface area (Å²) >= 11 is 12.3. The van der Waals surface area contributed by atoms with Gasteiger partial charge in [-0.05, 0) is 51.4 Å². The number of likely N-dealkylation sites (tertiary alicyclic amines) is 1. The van der Waals surface area contributed by atoms with Crippen LogP contribution in [0.2, 0.25) is 10.0 Å². The third-order valence-corrected chi connectivity index (χ3v) is 4.81. The van der Waals surface area contributed by atoms with E-state index in [-0.39, 0.29) is 0 Å². The van der Waals surface area contributed by atoms with Gasteiger partial charge in [0.05, 0.1) is 0 Å². The molecule has 3 unspecified atom stereocenters. The lowest BCUT2D eigenvalue weighted by atomic mass is 9.95. The van der Waals surface area contributed by atoms with Crippen LogP contribution in [-0.4, -0.2) is 30.6 Å². The van der Waals surface area contributed by atoms with E-state index in [1.165, 1.54) is 18.4 Å². The van der Waals surface area contributed by atoms with Gasteiger partial charge in [-0.25, -0.2) is 0 Å². The van der Waals surface area contributed by atoms with E-state index in [9.17, 15) is 0 Å². The van der Waals surface area contributed by atoms with E-state index in [2.05, 4.69) is 24.1 Å². The van der Waals surface area contributed by atoms with Gasteiger partial charge in [-0.3, -0.25) is 4.90 Å². The Hall–Kier alpha value is -0.280. The highest BCUT2D eigenvalue weighted by atomic mass is 35.5. The second kappa shape index (κ2) is 6.45. The third-order valence-electron chi connectivity index (χ3n) is 4.25. The topological polar surface area (TPSA) is 15.3 Å². The minimum absolute atomic E-state index is 0.331. The number of piperidine rings is 1. The number of nitrogens with zero attached hydrogens (tertiary/aromatic N) is 1. The molecule has 19 heavy (non-hydrogen) atoms. The van der Waals surface area contributed by atoms with Crippen molar-refractivity contribution in [2.45, 2.75) is 44.8 Å². The van der Waals surface area contributed by atoms with E-state index in [4.69, 9.17) is 23.2 Å². The quantitative estimate of drug-likeness (QED) is 0.903. The monoisotopic (exact) mass is 300 g/mol.